The van der Waals surface area contributed by atoms with E-state index in [1.165, 1.54) is 30.5 Å². The summed E-state index contributed by atoms with van der Waals surface area (Å²) in [5.41, 5.74) is 2.91. The van der Waals surface area contributed by atoms with Gasteiger partial charge in [-0.1, -0.05) is 30.7 Å². The third kappa shape index (κ3) is 7.09. The first-order chi connectivity index (χ1) is 16.0. The minimum absolute atomic E-state index is 0.00854. The van der Waals surface area contributed by atoms with Gasteiger partial charge in [-0.3, -0.25) is 0 Å². The van der Waals surface area contributed by atoms with E-state index in [9.17, 15) is 16.8 Å². The Morgan fingerprint density at radius 3 is 2.32 bits per heavy atom. The lowest BCUT2D eigenvalue weighted by atomic mass is 10.1. The molecule has 0 atom stereocenters. The maximum atomic E-state index is 11.8. The van der Waals surface area contributed by atoms with Crippen LogP contribution in [0, 0.1) is 6.92 Å². The van der Waals surface area contributed by atoms with Crippen LogP contribution in [-0.4, -0.2) is 33.3 Å². The second kappa shape index (κ2) is 10.6. The molecule has 34 heavy (non-hydrogen) atoms. The lowest BCUT2D eigenvalue weighted by Gasteiger charge is -2.13. The fraction of sp³-hybridized carbons (Fsp3) is 0.200. The van der Waals surface area contributed by atoms with E-state index in [2.05, 4.69) is 30.0 Å². The highest BCUT2D eigenvalue weighted by molar-refractivity contribution is 7.89. The average Bonchev–Trinajstić information content (AvgIpc) is 2.76. The van der Waals surface area contributed by atoms with Crippen molar-refractivity contribution in [2.45, 2.75) is 25.3 Å². The SMILES string of the molecule is CCNS(=O)(=O)NCc1ccc(Nc2nc(Nc3ccc(S(N)(=O)=O)cc3)ncc2Cl)c(C)c1. The van der Waals surface area contributed by atoms with Crippen LogP contribution in [0.15, 0.2) is 53.6 Å². The lowest BCUT2D eigenvalue weighted by Crippen LogP contribution is -2.35. The van der Waals surface area contributed by atoms with Gasteiger partial charge >= 0.3 is 0 Å². The van der Waals surface area contributed by atoms with Crippen molar-refractivity contribution in [1.29, 1.82) is 0 Å². The van der Waals surface area contributed by atoms with Gasteiger partial charge in [-0.05, 0) is 48.4 Å². The molecule has 11 nitrogen and oxygen atoms in total. The van der Waals surface area contributed by atoms with E-state index in [4.69, 9.17) is 16.7 Å². The maximum Gasteiger partial charge on any atom is 0.277 e. The minimum atomic E-state index is -3.78. The Labute approximate surface area is 203 Å². The predicted octanol–water partition coefficient (Wildman–Crippen LogP) is 2.52. The molecule has 2 aromatic carbocycles. The Kier molecular flexibility index (Phi) is 8.07. The van der Waals surface area contributed by atoms with Gasteiger partial charge in [0, 0.05) is 24.5 Å². The molecule has 0 bridgehead atoms. The number of nitrogens with two attached hydrogens (primary N) is 1. The van der Waals surface area contributed by atoms with Gasteiger partial charge < -0.3 is 10.6 Å². The van der Waals surface area contributed by atoms with Gasteiger partial charge in [-0.2, -0.15) is 18.1 Å². The van der Waals surface area contributed by atoms with Crippen molar-refractivity contribution >= 4 is 55.0 Å². The van der Waals surface area contributed by atoms with Crippen molar-refractivity contribution in [2.24, 2.45) is 5.14 Å². The Morgan fingerprint density at radius 2 is 1.71 bits per heavy atom. The van der Waals surface area contributed by atoms with E-state index < -0.39 is 20.2 Å². The summed E-state index contributed by atoms with van der Waals surface area (Å²) in [6, 6.07) is 11.2. The van der Waals surface area contributed by atoms with Crippen molar-refractivity contribution in [1.82, 2.24) is 19.4 Å². The molecule has 6 N–H and O–H groups in total. The second-order valence-corrected chi connectivity index (χ2v) is 10.7. The molecule has 0 aliphatic heterocycles. The molecule has 14 heteroatoms. The molecule has 1 heterocycles. The van der Waals surface area contributed by atoms with Gasteiger partial charge in [-0.15, -0.1) is 0 Å². The largest absolute Gasteiger partial charge is 0.339 e. The number of aryl methyl sites for hydroxylation is 1. The molecule has 3 aromatic rings. The average molecular weight is 526 g/mol. The lowest BCUT2D eigenvalue weighted by molar-refractivity contribution is 0.568. The van der Waals surface area contributed by atoms with Crippen molar-refractivity contribution in [3.05, 3.63) is 64.8 Å². The number of hydrogen-bond donors (Lipinski definition) is 5. The quantitative estimate of drug-likeness (QED) is 0.269. The first-order valence-corrected chi connectivity index (χ1v) is 13.4. The van der Waals surface area contributed by atoms with Crippen molar-refractivity contribution in [3.8, 4) is 0 Å². The first kappa shape index (κ1) is 25.8. The molecule has 0 saturated heterocycles. The Morgan fingerprint density at radius 1 is 1.00 bits per heavy atom. The Hall–Kier alpha value is -2.81. The molecule has 0 aliphatic carbocycles. The molecule has 0 unspecified atom stereocenters. The van der Waals surface area contributed by atoms with E-state index in [-0.39, 0.29) is 22.4 Å². The fourth-order valence-electron chi connectivity index (χ4n) is 2.89. The highest BCUT2D eigenvalue weighted by atomic mass is 35.5. The summed E-state index contributed by atoms with van der Waals surface area (Å²) < 4.78 is 51.1. The van der Waals surface area contributed by atoms with Crippen LogP contribution >= 0.6 is 11.6 Å². The normalized spacial score (nSPS) is 11.9. The van der Waals surface area contributed by atoms with Crippen LogP contribution in [0.5, 0.6) is 0 Å². The number of rotatable bonds is 10. The van der Waals surface area contributed by atoms with Crippen LogP contribution < -0.4 is 25.2 Å². The number of nitrogens with one attached hydrogen (secondary N) is 4. The summed E-state index contributed by atoms with van der Waals surface area (Å²) in [6.07, 6.45) is 1.43. The zero-order valence-electron chi connectivity index (χ0n) is 18.3. The Balaban J connectivity index is 1.73. The third-order valence-electron chi connectivity index (χ3n) is 4.53. The summed E-state index contributed by atoms with van der Waals surface area (Å²) in [7, 11) is -7.32. The van der Waals surface area contributed by atoms with E-state index >= 15 is 0 Å². The highest BCUT2D eigenvalue weighted by Gasteiger charge is 2.11. The van der Waals surface area contributed by atoms with Gasteiger partial charge in [0.2, 0.25) is 16.0 Å². The molecule has 1 aromatic heterocycles. The number of halogens is 1. The topological polar surface area (TPSA) is 168 Å². The van der Waals surface area contributed by atoms with Crippen LogP contribution in [-0.2, 0) is 26.8 Å². The molecular formula is C20H24ClN7O4S2. The minimum Gasteiger partial charge on any atom is -0.339 e. The second-order valence-electron chi connectivity index (χ2n) is 7.18. The molecule has 182 valence electrons. The summed E-state index contributed by atoms with van der Waals surface area (Å²) >= 11 is 6.25. The first-order valence-electron chi connectivity index (χ1n) is 10.00. The highest BCUT2D eigenvalue weighted by Crippen LogP contribution is 2.27. The van der Waals surface area contributed by atoms with E-state index in [0.717, 1.165) is 16.8 Å². The number of nitrogens with zero attached hydrogens (tertiary/aromatic N) is 2. The molecule has 0 saturated carbocycles. The van der Waals surface area contributed by atoms with Gasteiger partial charge in [0.15, 0.2) is 5.82 Å². The molecule has 0 fully saturated rings. The standard InChI is InChI=1S/C20H24ClN7O4S2/c1-3-24-34(31,32)25-11-14-4-9-18(13(2)10-14)27-19-17(21)12-23-20(28-19)26-15-5-7-16(8-6-15)33(22,29)30/h4-10,12,24-25H,3,11H2,1-2H3,(H2,22,29,30)(H2,23,26,27,28). The van der Waals surface area contributed by atoms with Gasteiger partial charge in [0.05, 0.1) is 11.1 Å². The number of aromatic nitrogens is 2. The van der Waals surface area contributed by atoms with Crippen LogP contribution in [0.1, 0.15) is 18.1 Å². The fourth-order valence-corrected chi connectivity index (χ4v) is 4.39. The number of hydrogen-bond acceptors (Lipinski definition) is 8. The smallest absolute Gasteiger partial charge is 0.277 e. The number of sulfonamides is 1. The summed E-state index contributed by atoms with van der Waals surface area (Å²) in [5.74, 6) is 0.589. The van der Waals surface area contributed by atoms with Crippen molar-refractivity contribution in [3.63, 3.8) is 0 Å². The maximum absolute atomic E-state index is 11.8. The van der Waals surface area contributed by atoms with Gasteiger partial charge in [0.25, 0.3) is 10.2 Å². The summed E-state index contributed by atoms with van der Waals surface area (Å²) in [6.45, 7) is 4.01. The number of benzene rings is 2. The number of primary sulfonamides is 1. The molecule has 0 aliphatic rings. The third-order valence-corrected chi connectivity index (χ3v) is 6.93. The van der Waals surface area contributed by atoms with E-state index in [0.29, 0.717) is 18.1 Å². The van der Waals surface area contributed by atoms with Crippen LogP contribution in [0.3, 0.4) is 0 Å². The van der Waals surface area contributed by atoms with E-state index in [1.54, 1.807) is 19.1 Å². The van der Waals surface area contributed by atoms with E-state index in [1.807, 2.05) is 13.0 Å². The van der Waals surface area contributed by atoms with Crippen molar-refractivity contribution in [2.75, 3.05) is 17.2 Å². The molecule has 0 spiro atoms. The van der Waals surface area contributed by atoms with Crippen LogP contribution in [0.4, 0.5) is 23.1 Å². The van der Waals surface area contributed by atoms with Crippen LogP contribution in [0.25, 0.3) is 0 Å². The number of anilines is 4. The van der Waals surface area contributed by atoms with Crippen molar-refractivity contribution < 1.29 is 16.8 Å². The molecule has 0 amide bonds. The van der Waals surface area contributed by atoms with Crippen LogP contribution in [0.2, 0.25) is 5.02 Å². The van der Waals surface area contributed by atoms with Gasteiger partial charge in [-0.25, -0.2) is 23.3 Å². The molecule has 3 rings (SSSR count). The van der Waals surface area contributed by atoms with Gasteiger partial charge in [0.1, 0.15) is 5.02 Å². The Bertz CT molecular complexity index is 1380. The monoisotopic (exact) mass is 525 g/mol. The predicted molar refractivity (Wildman–Crippen MR) is 132 cm³/mol. The molecule has 0 radical (unpaired) electrons. The zero-order valence-corrected chi connectivity index (χ0v) is 20.7. The summed E-state index contributed by atoms with van der Waals surface area (Å²) in [5, 5.41) is 11.5. The molecular weight excluding hydrogens is 502 g/mol. The summed E-state index contributed by atoms with van der Waals surface area (Å²) in [4.78, 5) is 8.51. The zero-order chi connectivity index (χ0) is 24.9.